The van der Waals surface area contributed by atoms with E-state index in [2.05, 4.69) is 6.58 Å². The van der Waals surface area contributed by atoms with Crippen LogP contribution < -0.4 is 18.9 Å². The Kier molecular flexibility index (Phi) is 4.09. The summed E-state index contributed by atoms with van der Waals surface area (Å²) in [7, 11) is 3.24. The van der Waals surface area contributed by atoms with E-state index >= 15 is 0 Å². The summed E-state index contributed by atoms with van der Waals surface area (Å²) in [6, 6.07) is 7.64. The summed E-state index contributed by atoms with van der Waals surface area (Å²) < 4.78 is 23.4. The number of rotatable bonds is 3. The van der Waals surface area contributed by atoms with E-state index in [9.17, 15) is 4.79 Å². The molecule has 0 saturated carbocycles. The molecule has 0 saturated heterocycles. The zero-order valence-electron chi connectivity index (χ0n) is 16.9. The summed E-state index contributed by atoms with van der Waals surface area (Å²) in [5, 5.41) is 0. The van der Waals surface area contributed by atoms with Crippen LogP contribution in [0.3, 0.4) is 0 Å². The highest BCUT2D eigenvalue weighted by Gasteiger charge is 2.44. The molecule has 0 bridgehead atoms. The number of ether oxygens (including phenoxy) is 4. The average Bonchev–Trinajstić information content (AvgIpc) is 3.17. The first-order valence-electron chi connectivity index (χ1n) is 9.95. The lowest BCUT2D eigenvalue weighted by Crippen LogP contribution is -2.39. The van der Waals surface area contributed by atoms with Gasteiger partial charge in [-0.1, -0.05) is 6.58 Å². The molecule has 150 valence electrons. The molecule has 0 amide bonds. The molecule has 3 atom stereocenters. The first kappa shape index (κ1) is 18.1. The third-order valence-corrected chi connectivity index (χ3v) is 6.29. The highest BCUT2D eigenvalue weighted by Crippen LogP contribution is 2.49. The van der Waals surface area contributed by atoms with E-state index in [1.54, 1.807) is 14.2 Å². The van der Waals surface area contributed by atoms with Crippen molar-refractivity contribution >= 4 is 5.78 Å². The number of fused-ring (bicyclic) bond motifs is 6. The van der Waals surface area contributed by atoms with Crippen molar-refractivity contribution < 1.29 is 23.7 Å². The molecule has 2 aromatic carbocycles. The van der Waals surface area contributed by atoms with E-state index in [0.717, 1.165) is 40.9 Å². The van der Waals surface area contributed by atoms with Crippen molar-refractivity contribution in [2.24, 2.45) is 0 Å². The Labute approximate surface area is 170 Å². The van der Waals surface area contributed by atoms with Gasteiger partial charge in [-0.15, -0.1) is 0 Å². The van der Waals surface area contributed by atoms with Crippen LogP contribution in [-0.2, 0) is 12.8 Å². The van der Waals surface area contributed by atoms with Gasteiger partial charge in [0.1, 0.15) is 23.7 Å². The van der Waals surface area contributed by atoms with Gasteiger partial charge in [0, 0.05) is 12.0 Å². The van der Waals surface area contributed by atoms with Gasteiger partial charge in [0.15, 0.2) is 17.3 Å². The molecule has 0 radical (unpaired) electrons. The second kappa shape index (κ2) is 6.55. The van der Waals surface area contributed by atoms with Crippen LogP contribution in [0.2, 0.25) is 0 Å². The van der Waals surface area contributed by atoms with Crippen molar-refractivity contribution in [3.8, 4) is 23.0 Å². The maximum absolute atomic E-state index is 13.6. The quantitative estimate of drug-likeness (QED) is 0.731. The number of hydrogen-bond acceptors (Lipinski definition) is 5. The first-order chi connectivity index (χ1) is 14.0. The maximum atomic E-state index is 13.6. The van der Waals surface area contributed by atoms with E-state index in [0.29, 0.717) is 29.2 Å². The van der Waals surface area contributed by atoms with Gasteiger partial charge in [-0.2, -0.15) is 0 Å². The molecule has 0 spiro atoms. The molecule has 29 heavy (non-hydrogen) atoms. The zero-order chi connectivity index (χ0) is 20.3. The second-order valence-corrected chi connectivity index (χ2v) is 8.02. The molecule has 0 N–H and O–H groups in total. The van der Waals surface area contributed by atoms with Gasteiger partial charge in [0.25, 0.3) is 0 Å². The van der Waals surface area contributed by atoms with Gasteiger partial charge in [0.2, 0.25) is 0 Å². The van der Waals surface area contributed by atoms with Crippen LogP contribution in [0.25, 0.3) is 0 Å². The minimum atomic E-state index is -0.330. The van der Waals surface area contributed by atoms with Crippen LogP contribution in [-0.4, -0.2) is 32.2 Å². The number of hydrogen-bond donors (Lipinski definition) is 0. The van der Waals surface area contributed by atoms with Crippen LogP contribution in [0.15, 0.2) is 36.4 Å². The summed E-state index contributed by atoms with van der Waals surface area (Å²) in [6.07, 6.45) is 2.07. The highest BCUT2D eigenvalue weighted by atomic mass is 16.5. The number of aryl methyl sites for hydroxylation is 1. The zero-order valence-corrected chi connectivity index (χ0v) is 16.9. The molecule has 2 heterocycles. The van der Waals surface area contributed by atoms with Gasteiger partial charge in [-0.25, -0.2) is 0 Å². The summed E-state index contributed by atoms with van der Waals surface area (Å²) in [5.41, 5.74) is 4.70. The predicted octanol–water partition coefficient (Wildman–Crippen LogP) is 4.26. The van der Waals surface area contributed by atoms with Crippen LogP contribution >= 0.6 is 0 Å². The number of Topliss-reactive ketones (excluding diaryl/α,β-unsaturated/α-hetero) is 1. The van der Waals surface area contributed by atoms with Crippen molar-refractivity contribution in [1.29, 1.82) is 0 Å². The van der Waals surface area contributed by atoms with E-state index in [-0.39, 0.29) is 23.9 Å². The number of carbonyl (C=O) groups is 1. The Morgan fingerprint density at radius 3 is 2.62 bits per heavy atom. The predicted molar refractivity (Wildman–Crippen MR) is 109 cm³/mol. The first-order valence-corrected chi connectivity index (χ1v) is 9.95. The van der Waals surface area contributed by atoms with Crippen LogP contribution in [0.5, 0.6) is 23.0 Å². The van der Waals surface area contributed by atoms with Crippen molar-refractivity contribution in [2.45, 2.75) is 44.3 Å². The molecule has 2 aliphatic heterocycles. The largest absolute Gasteiger partial charge is 0.493 e. The topological polar surface area (TPSA) is 54.0 Å². The molecule has 5 nitrogen and oxygen atoms in total. The van der Waals surface area contributed by atoms with Gasteiger partial charge >= 0.3 is 0 Å². The molecule has 0 aromatic heterocycles. The summed E-state index contributed by atoms with van der Waals surface area (Å²) in [5.74, 6) is 2.59. The van der Waals surface area contributed by atoms with Crippen molar-refractivity contribution in [3.63, 3.8) is 0 Å². The minimum absolute atomic E-state index is 0.0586. The smallest absolute Gasteiger partial charge is 0.177 e. The molecular formula is C24H24O5. The van der Waals surface area contributed by atoms with E-state index in [4.69, 9.17) is 18.9 Å². The van der Waals surface area contributed by atoms with E-state index < -0.39 is 0 Å². The molecule has 2 aromatic rings. The standard InChI is InChI=1S/C24H24O5/c1-12(2)19-11-16-17(28-19)8-6-14-23(25)22-15-10-21(27-4)20(26-3)9-13(15)5-7-18(22)29-24(14)16/h6,8-10,18-19,22H,1,5,7,11H2,2-4H3. The summed E-state index contributed by atoms with van der Waals surface area (Å²) in [4.78, 5) is 13.6. The number of benzene rings is 2. The molecule has 3 aliphatic rings. The highest BCUT2D eigenvalue weighted by molar-refractivity contribution is 6.05. The fourth-order valence-electron chi connectivity index (χ4n) is 4.76. The lowest BCUT2D eigenvalue weighted by Gasteiger charge is -2.38. The third-order valence-electron chi connectivity index (χ3n) is 6.29. The Hall–Kier alpha value is -2.95. The van der Waals surface area contributed by atoms with Crippen LogP contribution in [0, 0.1) is 0 Å². The SMILES string of the molecule is C=C(C)C1Cc2c(ccc3c2OC2CCc4cc(OC)c(OC)cc4C2C3=O)O1. The molecule has 3 unspecified atom stereocenters. The number of carbonyl (C=O) groups excluding carboxylic acids is 1. The van der Waals surface area contributed by atoms with E-state index in [1.165, 1.54) is 0 Å². The normalized spacial score (nSPS) is 23.7. The van der Waals surface area contributed by atoms with E-state index in [1.807, 2.05) is 31.2 Å². The average molecular weight is 392 g/mol. The monoisotopic (exact) mass is 392 g/mol. The lowest BCUT2D eigenvalue weighted by molar-refractivity contribution is 0.0745. The fourth-order valence-corrected chi connectivity index (χ4v) is 4.76. The molecule has 0 fully saturated rings. The second-order valence-electron chi connectivity index (χ2n) is 8.02. The Balaban J connectivity index is 1.58. The summed E-state index contributed by atoms with van der Waals surface area (Å²) >= 11 is 0. The third kappa shape index (κ3) is 2.64. The molecular weight excluding hydrogens is 368 g/mol. The van der Waals surface area contributed by atoms with Crippen LogP contribution in [0.1, 0.15) is 46.3 Å². The van der Waals surface area contributed by atoms with Crippen molar-refractivity contribution in [3.05, 3.63) is 58.7 Å². The Bertz CT molecular complexity index is 1040. The molecule has 1 aliphatic carbocycles. The van der Waals surface area contributed by atoms with Gasteiger partial charge in [-0.3, -0.25) is 4.79 Å². The lowest BCUT2D eigenvalue weighted by atomic mass is 9.74. The Morgan fingerprint density at radius 1 is 1.14 bits per heavy atom. The van der Waals surface area contributed by atoms with Gasteiger partial charge in [-0.05, 0) is 60.7 Å². The van der Waals surface area contributed by atoms with Gasteiger partial charge in [0.05, 0.1) is 25.7 Å². The maximum Gasteiger partial charge on any atom is 0.177 e. The minimum Gasteiger partial charge on any atom is -0.493 e. The van der Waals surface area contributed by atoms with Crippen LogP contribution in [0.4, 0.5) is 0 Å². The van der Waals surface area contributed by atoms with Crippen molar-refractivity contribution in [2.75, 3.05) is 14.2 Å². The Morgan fingerprint density at radius 2 is 1.90 bits per heavy atom. The fraction of sp³-hybridized carbons (Fsp3) is 0.375. The summed E-state index contributed by atoms with van der Waals surface area (Å²) in [6.45, 7) is 5.98. The van der Waals surface area contributed by atoms with Crippen molar-refractivity contribution in [1.82, 2.24) is 0 Å². The molecule has 5 rings (SSSR count). The van der Waals surface area contributed by atoms with Gasteiger partial charge < -0.3 is 18.9 Å². The number of methoxy groups -OCH3 is 2. The molecule has 5 heteroatoms. The number of ketones is 1.